The summed E-state index contributed by atoms with van der Waals surface area (Å²) in [6, 6.07) is 4.26. The zero-order valence-corrected chi connectivity index (χ0v) is 11.0. The molecule has 17 heavy (non-hydrogen) atoms. The normalized spacial score (nSPS) is 20.2. The third kappa shape index (κ3) is 1.71. The van der Waals surface area contributed by atoms with Crippen molar-refractivity contribution in [2.45, 2.75) is 26.2 Å². The Bertz CT molecular complexity index is 568. The van der Waals surface area contributed by atoms with Crippen molar-refractivity contribution in [2.75, 3.05) is 17.2 Å². The van der Waals surface area contributed by atoms with E-state index in [1.54, 1.807) is 0 Å². The van der Waals surface area contributed by atoms with Crippen LogP contribution in [-0.4, -0.2) is 20.9 Å². The predicted molar refractivity (Wildman–Crippen MR) is 73.8 cm³/mol. The average Bonchev–Trinajstić information content (AvgIpc) is 2.85. The molecular weight excluding hydrogens is 230 g/mol. The monoisotopic (exact) mass is 247 g/mol. The highest BCUT2D eigenvalue weighted by Crippen LogP contribution is 2.35. The minimum absolute atomic E-state index is 0.541. The number of rotatable bonds is 1. The van der Waals surface area contributed by atoms with Crippen molar-refractivity contribution < 1.29 is 0 Å². The molecule has 4 heteroatoms. The molecule has 1 aliphatic heterocycles. The van der Waals surface area contributed by atoms with Crippen LogP contribution in [0.1, 0.15) is 29.3 Å². The van der Waals surface area contributed by atoms with Gasteiger partial charge in [-0.2, -0.15) is 11.8 Å². The first-order chi connectivity index (χ1) is 8.16. The Morgan fingerprint density at radius 2 is 2.24 bits per heavy atom. The molecule has 1 saturated heterocycles. The lowest BCUT2D eigenvalue weighted by Gasteiger charge is -2.06. The zero-order valence-electron chi connectivity index (χ0n) is 10.2. The van der Waals surface area contributed by atoms with E-state index in [9.17, 15) is 0 Å². The van der Waals surface area contributed by atoms with Crippen molar-refractivity contribution in [3.63, 3.8) is 0 Å². The fourth-order valence-electron chi connectivity index (χ4n) is 2.63. The summed E-state index contributed by atoms with van der Waals surface area (Å²) in [5, 5.41) is 0. The lowest BCUT2D eigenvalue weighted by molar-refractivity contribution is 0.762. The summed E-state index contributed by atoms with van der Waals surface area (Å²) in [7, 11) is 0. The standard InChI is InChI=1S/C13H17N3S/c1-8-5-9(2)16-11(6-8)15-12(13(16)14)10-3-4-17-7-10/h5-6,10H,3-4,7,14H2,1-2H3. The molecule has 0 spiro atoms. The smallest absolute Gasteiger partial charge is 0.139 e. The molecule has 0 aromatic carbocycles. The molecule has 3 nitrogen and oxygen atoms in total. The number of pyridine rings is 1. The van der Waals surface area contributed by atoms with Crippen molar-refractivity contribution in [1.29, 1.82) is 0 Å². The highest BCUT2D eigenvalue weighted by molar-refractivity contribution is 7.99. The highest BCUT2D eigenvalue weighted by Gasteiger charge is 2.24. The van der Waals surface area contributed by atoms with Gasteiger partial charge in [-0.15, -0.1) is 0 Å². The van der Waals surface area contributed by atoms with Crippen LogP contribution >= 0.6 is 11.8 Å². The molecule has 2 N–H and O–H groups in total. The van der Waals surface area contributed by atoms with Gasteiger partial charge in [-0.1, -0.05) is 0 Å². The van der Waals surface area contributed by atoms with Gasteiger partial charge in [-0.3, -0.25) is 4.40 Å². The van der Waals surface area contributed by atoms with Crippen LogP contribution in [0.5, 0.6) is 0 Å². The molecule has 1 unspecified atom stereocenters. The molecule has 2 aromatic heterocycles. The van der Waals surface area contributed by atoms with Crippen LogP contribution < -0.4 is 5.73 Å². The highest BCUT2D eigenvalue weighted by atomic mass is 32.2. The molecule has 1 aliphatic rings. The lowest BCUT2D eigenvalue weighted by Crippen LogP contribution is -2.03. The number of anilines is 1. The Balaban J connectivity index is 2.20. The van der Waals surface area contributed by atoms with Crippen LogP contribution in [0.25, 0.3) is 5.65 Å². The maximum atomic E-state index is 6.26. The van der Waals surface area contributed by atoms with Gasteiger partial charge < -0.3 is 5.73 Å². The molecule has 90 valence electrons. The number of fused-ring (bicyclic) bond motifs is 1. The van der Waals surface area contributed by atoms with E-state index in [4.69, 9.17) is 10.7 Å². The number of nitrogen functional groups attached to an aromatic ring is 1. The molecule has 3 heterocycles. The molecule has 1 fully saturated rings. The third-order valence-electron chi connectivity index (χ3n) is 3.43. The average molecular weight is 247 g/mol. The molecular formula is C13H17N3S. The van der Waals surface area contributed by atoms with Crippen LogP contribution in [0.3, 0.4) is 0 Å². The van der Waals surface area contributed by atoms with E-state index in [-0.39, 0.29) is 0 Å². The number of hydrogen-bond acceptors (Lipinski definition) is 3. The minimum atomic E-state index is 0.541. The van der Waals surface area contributed by atoms with Crippen LogP contribution in [0, 0.1) is 13.8 Å². The van der Waals surface area contributed by atoms with E-state index >= 15 is 0 Å². The van der Waals surface area contributed by atoms with Gasteiger partial charge in [-0.25, -0.2) is 4.98 Å². The second-order valence-electron chi connectivity index (χ2n) is 4.81. The van der Waals surface area contributed by atoms with Gasteiger partial charge in [0.05, 0.1) is 5.69 Å². The van der Waals surface area contributed by atoms with Crippen LogP contribution in [0.2, 0.25) is 0 Å². The second-order valence-corrected chi connectivity index (χ2v) is 5.96. The molecule has 0 bridgehead atoms. The van der Waals surface area contributed by atoms with Gasteiger partial charge in [0.2, 0.25) is 0 Å². The van der Waals surface area contributed by atoms with Crippen molar-refractivity contribution in [1.82, 2.24) is 9.38 Å². The van der Waals surface area contributed by atoms with E-state index < -0.39 is 0 Å². The quantitative estimate of drug-likeness (QED) is 0.842. The van der Waals surface area contributed by atoms with E-state index in [2.05, 4.69) is 30.4 Å². The lowest BCUT2D eigenvalue weighted by atomic mass is 10.1. The van der Waals surface area contributed by atoms with E-state index in [1.165, 1.54) is 23.4 Å². The summed E-state index contributed by atoms with van der Waals surface area (Å²) in [5.41, 5.74) is 10.8. The first kappa shape index (κ1) is 11.0. The molecule has 0 radical (unpaired) electrons. The maximum absolute atomic E-state index is 6.26. The van der Waals surface area contributed by atoms with E-state index in [0.29, 0.717) is 5.92 Å². The Hall–Kier alpha value is -1.16. The van der Waals surface area contributed by atoms with Crippen molar-refractivity contribution >= 4 is 23.2 Å². The topological polar surface area (TPSA) is 43.3 Å². The summed E-state index contributed by atoms with van der Waals surface area (Å²) < 4.78 is 2.07. The van der Waals surface area contributed by atoms with Gasteiger partial charge in [-0.05, 0) is 43.7 Å². The number of nitrogens with two attached hydrogens (primary N) is 1. The number of aromatic nitrogens is 2. The number of nitrogens with zero attached hydrogens (tertiary/aromatic N) is 2. The Morgan fingerprint density at radius 3 is 2.94 bits per heavy atom. The Morgan fingerprint density at radius 1 is 1.41 bits per heavy atom. The molecule has 3 rings (SSSR count). The summed E-state index contributed by atoms with van der Waals surface area (Å²) in [6.45, 7) is 4.19. The summed E-state index contributed by atoms with van der Waals surface area (Å²) in [6.07, 6.45) is 1.21. The van der Waals surface area contributed by atoms with Gasteiger partial charge in [0.1, 0.15) is 11.5 Å². The van der Waals surface area contributed by atoms with Crippen molar-refractivity contribution in [3.8, 4) is 0 Å². The first-order valence-corrected chi connectivity index (χ1v) is 7.15. The fourth-order valence-corrected chi connectivity index (χ4v) is 3.85. The number of imidazole rings is 1. The molecule has 2 aromatic rings. The predicted octanol–water partition coefficient (Wildman–Crippen LogP) is 2.75. The van der Waals surface area contributed by atoms with Crippen LogP contribution in [-0.2, 0) is 0 Å². The Kier molecular flexibility index (Phi) is 2.54. The fraction of sp³-hybridized carbons (Fsp3) is 0.462. The largest absolute Gasteiger partial charge is 0.383 e. The van der Waals surface area contributed by atoms with Gasteiger partial charge in [0.15, 0.2) is 0 Å². The van der Waals surface area contributed by atoms with Crippen molar-refractivity contribution in [3.05, 3.63) is 29.1 Å². The number of hydrogen-bond donors (Lipinski definition) is 1. The Labute approximate surface area is 105 Å². The van der Waals surface area contributed by atoms with Gasteiger partial charge in [0.25, 0.3) is 0 Å². The molecule has 0 saturated carbocycles. The van der Waals surface area contributed by atoms with E-state index in [0.717, 1.165) is 22.9 Å². The van der Waals surface area contributed by atoms with Crippen LogP contribution in [0.4, 0.5) is 5.82 Å². The summed E-state index contributed by atoms with van der Waals surface area (Å²) in [4.78, 5) is 4.74. The third-order valence-corrected chi connectivity index (χ3v) is 4.59. The van der Waals surface area contributed by atoms with E-state index in [1.807, 2.05) is 11.8 Å². The number of thioether (sulfide) groups is 1. The second kappa shape index (κ2) is 3.95. The van der Waals surface area contributed by atoms with Crippen molar-refractivity contribution in [2.24, 2.45) is 0 Å². The zero-order chi connectivity index (χ0) is 12.0. The molecule has 0 amide bonds. The van der Waals surface area contributed by atoms with Gasteiger partial charge in [0, 0.05) is 17.4 Å². The van der Waals surface area contributed by atoms with Crippen LogP contribution in [0.15, 0.2) is 12.1 Å². The minimum Gasteiger partial charge on any atom is -0.383 e. The summed E-state index contributed by atoms with van der Waals surface area (Å²) in [5.74, 6) is 3.77. The van der Waals surface area contributed by atoms with Gasteiger partial charge >= 0.3 is 0 Å². The molecule has 1 atom stereocenters. The SMILES string of the molecule is Cc1cc(C)n2c(N)c(C3CCSC3)nc2c1. The maximum Gasteiger partial charge on any atom is 0.139 e. The number of aryl methyl sites for hydroxylation is 2. The summed E-state index contributed by atoms with van der Waals surface area (Å²) >= 11 is 2.00. The first-order valence-electron chi connectivity index (χ1n) is 5.99. The molecule has 0 aliphatic carbocycles.